The summed E-state index contributed by atoms with van der Waals surface area (Å²) >= 11 is 0. The van der Waals surface area contributed by atoms with Crippen LogP contribution in [0.5, 0.6) is 0 Å². The summed E-state index contributed by atoms with van der Waals surface area (Å²) in [6.45, 7) is 5.10. The van der Waals surface area contributed by atoms with Crippen LogP contribution in [0.3, 0.4) is 0 Å². The molecule has 114 valence electrons. The van der Waals surface area contributed by atoms with E-state index in [0.717, 1.165) is 11.3 Å². The molecular formula is C19H28N2. The summed E-state index contributed by atoms with van der Waals surface area (Å²) in [6, 6.07) is 11.6. The van der Waals surface area contributed by atoms with Crippen molar-refractivity contribution < 1.29 is 0 Å². The maximum atomic E-state index is 3.77. The molecule has 21 heavy (non-hydrogen) atoms. The number of hydrogen-bond donors (Lipinski definition) is 1. The minimum atomic E-state index is 0.630. The topological polar surface area (TPSA) is 15.3 Å². The van der Waals surface area contributed by atoms with Gasteiger partial charge < -0.3 is 10.2 Å². The molecule has 1 saturated heterocycles. The summed E-state index contributed by atoms with van der Waals surface area (Å²) in [4.78, 5) is 2.78. The minimum absolute atomic E-state index is 0.630. The van der Waals surface area contributed by atoms with Crippen molar-refractivity contribution in [3.05, 3.63) is 35.9 Å². The number of nitrogens with zero attached hydrogens (tertiary/aromatic N) is 1. The molecule has 2 nitrogen and oxygen atoms in total. The van der Waals surface area contributed by atoms with E-state index in [-0.39, 0.29) is 0 Å². The molecule has 3 aliphatic rings. The molecule has 1 aromatic carbocycles. The third-order valence-corrected chi connectivity index (χ3v) is 5.76. The quantitative estimate of drug-likeness (QED) is 0.894. The Morgan fingerprint density at radius 3 is 2.67 bits per heavy atom. The molecule has 0 radical (unpaired) electrons. The van der Waals surface area contributed by atoms with Gasteiger partial charge in [0.05, 0.1) is 0 Å². The Bertz CT molecular complexity index is 462. The van der Waals surface area contributed by atoms with Gasteiger partial charge in [-0.15, -0.1) is 0 Å². The zero-order chi connectivity index (χ0) is 14.1. The second kappa shape index (κ2) is 5.73. The van der Waals surface area contributed by atoms with Crippen molar-refractivity contribution in [1.82, 2.24) is 10.2 Å². The first-order valence-corrected chi connectivity index (χ1v) is 8.84. The van der Waals surface area contributed by atoms with Crippen LogP contribution in [0.15, 0.2) is 30.3 Å². The zero-order valence-electron chi connectivity index (χ0n) is 13.1. The lowest BCUT2D eigenvalue weighted by Gasteiger charge is -2.28. The van der Waals surface area contributed by atoms with E-state index in [1.807, 2.05) is 0 Å². The van der Waals surface area contributed by atoms with Crippen LogP contribution < -0.4 is 5.32 Å². The van der Waals surface area contributed by atoms with Crippen LogP contribution in [0.4, 0.5) is 0 Å². The van der Waals surface area contributed by atoms with Crippen LogP contribution in [-0.4, -0.2) is 37.1 Å². The molecule has 0 bridgehead atoms. The molecule has 1 heterocycles. The summed E-state index contributed by atoms with van der Waals surface area (Å²) in [6.07, 6.45) is 8.52. The molecular weight excluding hydrogens is 256 g/mol. The number of benzene rings is 1. The maximum absolute atomic E-state index is 3.77. The fourth-order valence-electron chi connectivity index (χ4n) is 4.25. The molecule has 1 atom stereocenters. The lowest BCUT2D eigenvalue weighted by atomic mass is 9.99. The molecule has 2 saturated carbocycles. The van der Waals surface area contributed by atoms with Gasteiger partial charge in [-0.05, 0) is 68.5 Å². The van der Waals surface area contributed by atoms with Crippen molar-refractivity contribution in [2.75, 3.05) is 26.2 Å². The molecule has 1 aliphatic heterocycles. The Morgan fingerprint density at radius 1 is 1.14 bits per heavy atom. The van der Waals surface area contributed by atoms with Crippen LogP contribution in [0.2, 0.25) is 0 Å². The standard InChI is InChI=1S/C19H28N2/c1-2-5-16(6-3-1)13-18-14-21(12-4-11-20-18)15-19(9-10-19)17-7-8-17/h1-3,5-6,17-18,20H,4,7-15H2. The normalized spacial score (nSPS) is 29.0. The Balaban J connectivity index is 1.37. The van der Waals surface area contributed by atoms with Crippen molar-refractivity contribution in [3.63, 3.8) is 0 Å². The van der Waals surface area contributed by atoms with Crippen molar-refractivity contribution in [3.8, 4) is 0 Å². The van der Waals surface area contributed by atoms with E-state index in [1.165, 1.54) is 70.3 Å². The predicted octanol–water partition coefficient (Wildman–Crippen LogP) is 3.08. The largest absolute Gasteiger partial charge is 0.312 e. The highest BCUT2D eigenvalue weighted by Crippen LogP contribution is 2.61. The van der Waals surface area contributed by atoms with E-state index in [9.17, 15) is 0 Å². The zero-order valence-corrected chi connectivity index (χ0v) is 13.1. The average Bonchev–Trinajstić information content (AvgIpc) is 3.37. The molecule has 4 rings (SSSR count). The molecule has 1 N–H and O–H groups in total. The Morgan fingerprint density at radius 2 is 1.95 bits per heavy atom. The molecule has 0 amide bonds. The third-order valence-electron chi connectivity index (χ3n) is 5.76. The van der Waals surface area contributed by atoms with E-state index in [4.69, 9.17) is 0 Å². The minimum Gasteiger partial charge on any atom is -0.312 e. The van der Waals surface area contributed by atoms with Gasteiger partial charge in [0.2, 0.25) is 0 Å². The van der Waals surface area contributed by atoms with Gasteiger partial charge in [0.1, 0.15) is 0 Å². The molecule has 2 heteroatoms. The number of nitrogens with one attached hydrogen (secondary N) is 1. The van der Waals surface area contributed by atoms with Gasteiger partial charge in [0, 0.05) is 19.1 Å². The van der Waals surface area contributed by atoms with Gasteiger partial charge in [-0.1, -0.05) is 30.3 Å². The fraction of sp³-hybridized carbons (Fsp3) is 0.684. The molecule has 1 unspecified atom stereocenters. The second-order valence-electron chi connectivity index (χ2n) is 7.57. The van der Waals surface area contributed by atoms with Crippen LogP contribution in [-0.2, 0) is 6.42 Å². The van der Waals surface area contributed by atoms with Crippen LogP contribution in [0.25, 0.3) is 0 Å². The highest BCUT2D eigenvalue weighted by Gasteiger charge is 2.54. The van der Waals surface area contributed by atoms with Gasteiger partial charge in [0.25, 0.3) is 0 Å². The fourth-order valence-corrected chi connectivity index (χ4v) is 4.25. The Kier molecular flexibility index (Phi) is 3.76. The monoisotopic (exact) mass is 284 g/mol. The lowest BCUT2D eigenvalue weighted by molar-refractivity contribution is 0.201. The summed E-state index contributed by atoms with van der Waals surface area (Å²) < 4.78 is 0. The summed E-state index contributed by atoms with van der Waals surface area (Å²) in [7, 11) is 0. The van der Waals surface area contributed by atoms with Crippen molar-refractivity contribution in [2.45, 2.75) is 44.6 Å². The highest BCUT2D eigenvalue weighted by molar-refractivity contribution is 5.16. The van der Waals surface area contributed by atoms with Crippen LogP contribution in [0.1, 0.15) is 37.7 Å². The number of hydrogen-bond acceptors (Lipinski definition) is 2. The molecule has 2 aliphatic carbocycles. The van der Waals surface area contributed by atoms with E-state index in [1.54, 1.807) is 0 Å². The number of rotatable bonds is 5. The second-order valence-corrected chi connectivity index (χ2v) is 7.57. The van der Waals surface area contributed by atoms with E-state index < -0.39 is 0 Å². The van der Waals surface area contributed by atoms with Crippen LogP contribution in [0, 0.1) is 11.3 Å². The first kappa shape index (κ1) is 13.8. The smallest absolute Gasteiger partial charge is 0.0235 e. The van der Waals surface area contributed by atoms with Gasteiger partial charge in [-0.3, -0.25) is 0 Å². The first-order chi connectivity index (χ1) is 10.3. The molecule has 0 spiro atoms. The highest BCUT2D eigenvalue weighted by atomic mass is 15.2. The summed E-state index contributed by atoms with van der Waals surface area (Å²) in [5.41, 5.74) is 2.22. The first-order valence-electron chi connectivity index (χ1n) is 8.84. The lowest BCUT2D eigenvalue weighted by Crippen LogP contribution is -2.41. The Labute approximate surface area is 128 Å². The van der Waals surface area contributed by atoms with Gasteiger partial charge in [-0.25, -0.2) is 0 Å². The molecule has 3 fully saturated rings. The summed E-state index contributed by atoms with van der Waals surface area (Å²) in [5.74, 6) is 1.08. The van der Waals surface area contributed by atoms with Gasteiger partial charge >= 0.3 is 0 Å². The van der Waals surface area contributed by atoms with E-state index >= 15 is 0 Å². The van der Waals surface area contributed by atoms with Crippen LogP contribution >= 0.6 is 0 Å². The van der Waals surface area contributed by atoms with E-state index in [2.05, 4.69) is 40.5 Å². The van der Waals surface area contributed by atoms with Crippen molar-refractivity contribution in [2.24, 2.45) is 11.3 Å². The van der Waals surface area contributed by atoms with Gasteiger partial charge in [0.15, 0.2) is 0 Å². The predicted molar refractivity (Wildman–Crippen MR) is 87.4 cm³/mol. The summed E-state index contributed by atoms with van der Waals surface area (Å²) in [5, 5.41) is 3.77. The van der Waals surface area contributed by atoms with Crippen molar-refractivity contribution >= 4 is 0 Å². The van der Waals surface area contributed by atoms with Crippen molar-refractivity contribution in [1.29, 1.82) is 0 Å². The molecule has 0 aromatic heterocycles. The van der Waals surface area contributed by atoms with E-state index in [0.29, 0.717) is 6.04 Å². The molecule has 1 aromatic rings. The Hall–Kier alpha value is -0.860. The average molecular weight is 284 g/mol. The third kappa shape index (κ3) is 3.32. The van der Waals surface area contributed by atoms with Gasteiger partial charge in [-0.2, -0.15) is 0 Å². The maximum Gasteiger partial charge on any atom is 0.0235 e. The SMILES string of the molecule is c1ccc(CC2CN(CC3(C4CC4)CC3)CCCN2)cc1.